The molecular formula is C14H23NO. The van der Waals surface area contributed by atoms with E-state index in [1.54, 1.807) is 0 Å². The predicted molar refractivity (Wildman–Crippen MR) is 68.6 cm³/mol. The first-order chi connectivity index (χ1) is 7.65. The van der Waals surface area contributed by atoms with Crippen LogP contribution in [0.2, 0.25) is 0 Å². The molecule has 1 aromatic carbocycles. The Morgan fingerprint density at radius 3 is 2.50 bits per heavy atom. The predicted octanol–water partition coefficient (Wildman–Crippen LogP) is 2.14. The number of hydrogen-bond donors (Lipinski definition) is 2. The lowest BCUT2D eigenvalue weighted by Gasteiger charge is -2.20. The summed E-state index contributed by atoms with van der Waals surface area (Å²) in [4.78, 5) is 0. The van der Waals surface area contributed by atoms with E-state index >= 15 is 0 Å². The van der Waals surface area contributed by atoms with E-state index in [4.69, 9.17) is 0 Å². The normalized spacial score (nSPS) is 13.1. The Labute approximate surface area is 98.7 Å². The van der Waals surface area contributed by atoms with Gasteiger partial charge in [0.05, 0.1) is 6.61 Å². The molecule has 1 atom stereocenters. The minimum Gasteiger partial charge on any atom is -0.395 e. The largest absolute Gasteiger partial charge is 0.395 e. The van der Waals surface area contributed by atoms with Gasteiger partial charge in [0, 0.05) is 6.04 Å². The lowest BCUT2D eigenvalue weighted by atomic mass is 10.0. The van der Waals surface area contributed by atoms with Crippen molar-refractivity contribution in [3.05, 3.63) is 35.4 Å². The Balaban J connectivity index is 2.38. The highest BCUT2D eigenvalue weighted by Crippen LogP contribution is 2.07. The summed E-state index contributed by atoms with van der Waals surface area (Å²) in [6.45, 7) is 7.53. The minimum atomic E-state index is 0.212. The van der Waals surface area contributed by atoms with Crippen molar-refractivity contribution in [3.63, 3.8) is 0 Å². The molecule has 0 aromatic heterocycles. The van der Waals surface area contributed by atoms with Gasteiger partial charge in [0.15, 0.2) is 0 Å². The summed E-state index contributed by atoms with van der Waals surface area (Å²) in [5.41, 5.74) is 2.73. The van der Waals surface area contributed by atoms with Gasteiger partial charge in [-0.2, -0.15) is 0 Å². The van der Waals surface area contributed by atoms with Crippen molar-refractivity contribution in [1.29, 1.82) is 0 Å². The van der Waals surface area contributed by atoms with Crippen LogP contribution in [0, 0.1) is 12.8 Å². The third kappa shape index (κ3) is 3.95. The summed E-state index contributed by atoms with van der Waals surface area (Å²) in [6, 6.07) is 8.66. The molecule has 0 saturated heterocycles. The van der Waals surface area contributed by atoms with E-state index in [-0.39, 0.29) is 12.6 Å². The number of rotatable bonds is 6. The van der Waals surface area contributed by atoms with Gasteiger partial charge in [-0.3, -0.25) is 0 Å². The SMILES string of the molecule is Cc1ccccc1CCNC(CO)C(C)C. The molecule has 2 nitrogen and oxygen atoms in total. The zero-order chi connectivity index (χ0) is 12.0. The molecule has 16 heavy (non-hydrogen) atoms. The molecule has 2 N–H and O–H groups in total. The summed E-state index contributed by atoms with van der Waals surface area (Å²) >= 11 is 0. The van der Waals surface area contributed by atoms with Crippen LogP contribution in [0.3, 0.4) is 0 Å². The van der Waals surface area contributed by atoms with Crippen molar-refractivity contribution < 1.29 is 5.11 Å². The highest BCUT2D eigenvalue weighted by molar-refractivity contribution is 5.25. The smallest absolute Gasteiger partial charge is 0.0587 e. The summed E-state index contributed by atoms with van der Waals surface area (Å²) < 4.78 is 0. The molecule has 0 saturated carbocycles. The zero-order valence-electron chi connectivity index (χ0n) is 10.5. The van der Waals surface area contributed by atoms with Gasteiger partial charge >= 0.3 is 0 Å². The summed E-state index contributed by atoms with van der Waals surface area (Å²) in [5, 5.41) is 12.6. The van der Waals surface area contributed by atoms with Crippen LogP contribution in [0.1, 0.15) is 25.0 Å². The zero-order valence-corrected chi connectivity index (χ0v) is 10.5. The van der Waals surface area contributed by atoms with Crippen LogP contribution in [0.25, 0.3) is 0 Å². The molecule has 0 aliphatic heterocycles. The van der Waals surface area contributed by atoms with E-state index < -0.39 is 0 Å². The Morgan fingerprint density at radius 2 is 1.94 bits per heavy atom. The fourth-order valence-corrected chi connectivity index (χ4v) is 1.79. The molecule has 0 heterocycles. The van der Waals surface area contributed by atoms with E-state index in [1.807, 2.05) is 0 Å². The first kappa shape index (κ1) is 13.2. The van der Waals surface area contributed by atoms with Gasteiger partial charge in [0.25, 0.3) is 0 Å². The number of aliphatic hydroxyl groups excluding tert-OH is 1. The lowest BCUT2D eigenvalue weighted by Crippen LogP contribution is -2.38. The number of aliphatic hydroxyl groups is 1. The minimum absolute atomic E-state index is 0.212. The van der Waals surface area contributed by atoms with Crippen molar-refractivity contribution in [1.82, 2.24) is 5.32 Å². The Kier molecular flexibility index (Phi) is 5.50. The molecule has 0 radical (unpaired) electrons. The van der Waals surface area contributed by atoms with Crippen LogP contribution in [0.5, 0.6) is 0 Å². The van der Waals surface area contributed by atoms with Crippen molar-refractivity contribution >= 4 is 0 Å². The van der Waals surface area contributed by atoms with E-state index in [0.717, 1.165) is 13.0 Å². The van der Waals surface area contributed by atoms with E-state index in [2.05, 4.69) is 50.4 Å². The van der Waals surface area contributed by atoms with Gasteiger partial charge in [0.2, 0.25) is 0 Å². The van der Waals surface area contributed by atoms with Gasteiger partial charge in [-0.15, -0.1) is 0 Å². The number of hydrogen-bond acceptors (Lipinski definition) is 2. The maximum Gasteiger partial charge on any atom is 0.0587 e. The third-order valence-corrected chi connectivity index (χ3v) is 3.06. The molecular weight excluding hydrogens is 198 g/mol. The first-order valence-electron chi connectivity index (χ1n) is 6.04. The average Bonchev–Trinajstić information content (AvgIpc) is 2.26. The maximum atomic E-state index is 9.19. The summed E-state index contributed by atoms with van der Waals surface area (Å²) in [5.74, 6) is 0.474. The van der Waals surface area contributed by atoms with Crippen LogP contribution < -0.4 is 5.32 Å². The van der Waals surface area contributed by atoms with Crippen molar-refractivity contribution in [2.75, 3.05) is 13.2 Å². The van der Waals surface area contributed by atoms with Gasteiger partial charge in [0.1, 0.15) is 0 Å². The monoisotopic (exact) mass is 221 g/mol. The molecule has 1 unspecified atom stereocenters. The van der Waals surface area contributed by atoms with Crippen molar-refractivity contribution in [2.24, 2.45) is 5.92 Å². The first-order valence-corrected chi connectivity index (χ1v) is 6.04. The number of nitrogens with one attached hydrogen (secondary N) is 1. The lowest BCUT2D eigenvalue weighted by molar-refractivity contribution is 0.212. The van der Waals surface area contributed by atoms with Gasteiger partial charge in [-0.25, -0.2) is 0 Å². The molecule has 0 amide bonds. The van der Waals surface area contributed by atoms with Crippen LogP contribution in [0.15, 0.2) is 24.3 Å². The molecule has 90 valence electrons. The van der Waals surface area contributed by atoms with Crippen molar-refractivity contribution in [2.45, 2.75) is 33.2 Å². The second kappa shape index (κ2) is 6.66. The molecule has 0 fully saturated rings. The Hall–Kier alpha value is -0.860. The quantitative estimate of drug-likeness (QED) is 0.771. The Morgan fingerprint density at radius 1 is 1.25 bits per heavy atom. The van der Waals surface area contributed by atoms with E-state index in [9.17, 15) is 5.11 Å². The topological polar surface area (TPSA) is 32.3 Å². The number of benzene rings is 1. The summed E-state index contributed by atoms with van der Waals surface area (Å²) in [7, 11) is 0. The fourth-order valence-electron chi connectivity index (χ4n) is 1.79. The van der Waals surface area contributed by atoms with Gasteiger partial charge in [-0.05, 0) is 36.9 Å². The van der Waals surface area contributed by atoms with Gasteiger partial charge < -0.3 is 10.4 Å². The second-order valence-corrected chi connectivity index (χ2v) is 4.66. The molecule has 0 aliphatic rings. The highest BCUT2D eigenvalue weighted by atomic mass is 16.3. The maximum absolute atomic E-state index is 9.19. The molecule has 2 heteroatoms. The molecule has 1 rings (SSSR count). The highest BCUT2D eigenvalue weighted by Gasteiger charge is 2.10. The molecule has 0 aliphatic carbocycles. The van der Waals surface area contributed by atoms with E-state index in [0.29, 0.717) is 5.92 Å². The third-order valence-electron chi connectivity index (χ3n) is 3.06. The molecule has 0 spiro atoms. The van der Waals surface area contributed by atoms with Crippen LogP contribution in [-0.2, 0) is 6.42 Å². The van der Waals surface area contributed by atoms with Crippen LogP contribution >= 0.6 is 0 Å². The fraction of sp³-hybridized carbons (Fsp3) is 0.571. The summed E-state index contributed by atoms with van der Waals surface area (Å²) in [6.07, 6.45) is 1.02. The average molecular weight is 221 g/mol. The van der Waals surface area contributed by atoms with Crippen LogP contribution in [-0.4, -0.2) is 24.3 Å². The molecule has 1 aromatic rings. The van der Waals surface area contributed by atoms with E-state index in [1.165, 1.54) is 11.1 Å². The van der Waals surface area contributed by atoms with Crippen LogP contribution in [0.4, 0.5) is 0 Å². The Bertz CT molecular complexity index is 309. The standard InChI is InChI=1S/C14H23NO/c1-11(2)14(10-16)15-9-8-13-7-5-4-6-12(13)3/h4-7,11,14-16H,8-10H2,1-3H3. The number of aryl methyl sites for hydroxylation is 1. The molecule has 0 bridgehead atoms. The van der Waals surface area contributed by atoms with Crippen molar-refractivity contribution in [3.8, 4) is 0 Å². The second-order valence-electron chi connectivity index (χ2n) is 4.66. The van der Waals surface area contributed by atoms with Gasteiger partial charge in [-0.1, -0.05) is 38.1 Å².